The zero-order valence-electron chi connectivity index (χ0n) is 40.0. The second-order valence-electron chi connectivity index (χ2n) is 18.0. The maximum Gasteiger partial charge on any atom is 0.280 e. The van der Waals surface area contributed by atoms with Crippen molar-refractivity contribution >= 4 is 26.9 Å². The molecule has 0 aliphatic carbocycles. The van der Waals surface area contributed by atoms with Gasteiger partial charge in [0.1, 0.15) is 17.6 Å². The van der Waals surface area contributed by atoms with E-state index in [2.05, 4.69) is 34.6 Å². The maximum atomic E-state index is 14.4. The topological polar surface area (TPSA) is 137 Å². The van der Waals surface area contributed by atoms with Crippen LogP contribution in [-0.4, -0.2) is 54.5 Å². The molecule has 0 fully saturated rings. The van der Waals surface area contributed by atoms with Crippen molar-refractivity contribution in [1.29, 1.82) is 0 Å². The summed E-state index contributed by atoms with van der Waals surface area (Å²) in [4.78, 5) is 27.6. The van der Waals surface area contributed by atoms with Crippen LogP contribution in [0.4, 0.5) is 5.95 Å². The number of benzene rings is 7. The highest BCUT2D eigenvalue weighted by atomic mass is 32.2. The molecule has 9 rings (SSSR count). The predicted molar refractivity (Wildman–Crippen MR) is 280 cm³/mol. The van der Waals surface area contributed by atoms with E-state index in [1.165, 1.54) is 0 Å². The number of hydrogen-bond acceptors (Lipinski definition) is 9. The van der Waals surface area contributed by atoms with Crippen LogP contribution >= 0.6 is 0 Å². The van der Waals surface area contributed by atoms with Crippen LogP contribution in [0.25, 0.3) is 11.2 Å². The van der Waals surface area contributed by atoms with Crippen molar-refractivity contribution in [3.8, 4) is 11.5 Å². The van der Waals surface area contributed by atoms with Crippen LogP contribution in [0, 0.1) is 12.8 Å². The molecule has 0 radical (unpaired) electrons. The second-order valence-corrected chi connectivity index (χ2v) is 20.0. The Kier molecular flexibility index (Phi) is 14.9. The Labute approximate surface area is 415 Å². The van der Waals surface area contributed by atoms with E-state index in [4.69, 9.17) is 24.2 Å². The molecule has 7 aromatic carbocycles. The van der Waals surface area contributed by atoms with Gasteiger partial charge in [0.2, 0.25) is 5.95 Å². The van der Waals surface area contributed by atoms with Crippen LogP contribution in [0.5, 0.6) is 11.5 Å². The zero-order chi connectivity index (χ0) is 49.2. The molecular weight excluding hydrogens is 907 g/mol. The summed E-state index contributed by atoms with van der Waals surface area (Å²) in [5.74, 6) is 1.10. The normalized spacial score (nSPS) is 12.7. The lowest BCUT2D eigenvalue weighted by Gasteiger charge is -2.37. The molecule has 12 heteroatoms. The molecule has 9 aromatic rings. The third kappa shape index (κ3) is 11.3. The highest BCUT2D eigenvalue weighted by Crippen LogP contribution is 2.38. The average molecular weight is 964 g/mol. The van der Waals surface area contributed by atoms with Crippen LogP contribution in [0.3, 0.4) is 0 Å². The van der Waals surface area contributed by atoms with Gasteiger partial charge in [-0.3, -0.25) is 9.78 Å². The van der Waals surface area contributed by atoms with E-state index in [0.29, 0.717) is 30.7 Å². The summed E-state index contributed by atoms with van der Waals surface area (Å²) in [5, 5.41) is 3.76. The van der Waals surface area contributed by atoms with E-state index in [1.807, 2.05) is 169 Å². The number of sulfone groups is 1. The number of imidazole rings is 1. The van der Waals surface area contributed by atoms with Crippen LogP contribution in [0.1, 0.15) is 57.5 Å². The molecule has 2 heterocycles. The monoisotopic (exact) mass is 963 g/mol. The van der Waals surface area contributed by atoms with Gasteiger partial charge >= 0.3 is 0 Å². The number of hydrogen-bond donors (Lipinski definition) is 2. The zero-order valence-corrected chi connectivity index (χ0v) is 40.8. The quantitative estimate of drug-likeness (QED) is 0.0721. The van der Waals surface area contributed by atoms with Crippen molar-refractivity contribution in [2.24, 2.45) is 5.92 Å². The molecule has 0 saturated heterocycles. The van der Waals surface area contributed by atoms with E-state index in [9.17, 15) is 13.2 Å². The average Bonchev–Trinajstić information content (AvgIpc) is 3.84. The molecule has 71 heavy (non-hydrogen) atoms. The molecule has 360 valence electrons. The Morgan fingerprint density at radius 2 is 1.18 bits per heavy atom. The molecule has 2 atom stereocenters. The highest BCUT2D eigenvalue weighted by Gasteiger charge is 2.36. The summed E-state index contributed by atoms with van der Waals surface area (Å²) in [6.45, 7) is 2.06. The molecule has 0 bridgehead atoms. The van der Waals surface area contributed by atoms with E-state index in [0.717, 1.165) is 44.7 Å². The van der Waals surface area contributed by atoms with E-state index < -0.39 is 39.0 Å². The van der Waals surface area contributed by atoms with Gasteiger partial charge in [-0.2, -0.15) is 4.98 Å². The fourth-order valence-electron chi connectivity index (χ4n) is 9.46. The molecule has 2 aromatic heterocycles. The Hall–Kier alpha value is -7.80. The van der Waals surface area contributed by atoms with Gasteiger partial charge in [0, 0.05) is 6.42 Å². The third-order valence-corrected chi connectivity index (χ3v) is 15.0. The molecular formula is C59H57N5O6S. The summed E-state index contributed by atoms with van der Waals surface area (Å²) in [7, 11) is -0.512. The predicted octanol–water partition coefficient (Wildman–Crippen LogP) is 11.1. The van der Waals surface area contributed by atoms with Crippen molar-refractivity contribution in [3.63, 3.8) is 0 Å². The first-order valence-electron chi connectivity index (χ1n) is 23.7. The van der Waals surface area contributed by atoms with Crippen LogP contribution < -0.4 is 20.3 Å². The van der Waals surface area contributed by atoms with Gasteiger partial charge in [-0.05, 0) is 95.5 Å². The molecule has 0 aliphatic heterocycles. The number of aryl methyl sites for hydroxylation is 1. The molecule has 2 unspecified atom stereocenters. The first kappa shape index (κ1) is 48.2. The first-order chi connectivity index (χ1) is 34.6. The van der Waals surface area contributed by atoms with Gasteiger partial charge in [-0.1, -0.05) is 163 Å². The van der Waals surface area contributed by atoms with Gasteiger partial charge < -0.3 is 24.1 Å². The number of nitrogens with zero attached hydrogens (tertiary/aromatic N) is 3. The van der Waals surface area contributed by atoms with E-state index >= 15 is 0 Å². The standard InChI is InChI=1S/C59H57N5O6S/c1-42-24-34-53(35-25-42)71(66,67)40-45(36-43-26-30-51(68-2)31-27-43)37-50(39-70-55(46-16-8-4-9-17-46)47-18-10-5-11-19-47)64-41-60-54-56(64)61-58(62-57(54)65)63-59(48-20-12-6-13-21-48,49-22-14-7-15-23-49)38-44-28-32-52(69-3)33-29-44/h4-35,41,45,50,55H,36-40H2,1-3H3,(H2,61,62,63,65). The molecule has 0 aliphatic rings. The van der Waals surface area contributed by atoms with Crippen molar-refractivity contribution in [2.45, 2.75) is 48.8 Å². The Morgan fingerprint density at radius 3 is 1.72 bits per heavy atom. The smallest absolute Gasteiger partial charge is 0.280 e. The number of aromatic amines is 1. The molecule has 0 saturated carbocycles. The van der Waals surface area contributed by atoms with Gasteiger partial charge in [0.25, 0.3) is 5.56 Å². The SMILES string of the molecule is COc1ccc(CC(CC(COC(c2ccccc2)c2ccccc2)n2cnc3c(=O)[nH]c(NC(Cc4ccc(OC)cc4)(c4ccccc4)c4ccccc4)nc32)CS(=O)(=O)c2ccc(C)cc2)cc1. The Balaban J connectivity index is 1.17. The minimum Gasteiger partial charge on any atom is -0.497 e. The first-order valence-corrected chi connectivity index (χ1v) is 25.4. The van der Waals surface area contributed by atoms with E-state index in [-0.39, 0.29) is 28.7 Å². The number of nitrogens with one attached hydrogen (secondary N) is 2. The number of aromatic nitrogens is 4. The lowest BCUT2D eigenvalue weighted by molar-refractivity contribution is 0.0499. The molecule has 11 nitrogen and oxygen atoms in total. The van der Waals surface area contributed by atoms with Gasteiger partial charge in [-0.15, -0.1) is 0 Å². The van der Waals surface area contributed by atoms with Crippen molar-refractivity contribution in [3.05, 3.63) is 250 Å². The summed E-state index contributed by atoms with van der Waals surface area (Å²) in [5.41, 5.74) is 5.87. The number of methoxy groups -OCH3 is 2. The number of H-pyrrole nitrogens is 1. The van der Waals surface area contributed by atoms with E-state index in [1.54, 1.807) is 32.7 Å². The maximum absolute atomic E-state index is 14.4. The lowest BCUT2D eigenvalue weighted by Crippen LogP contribution is -2.40. The highest BCUT2D eigenvalue weighted by molar-refractivity contribution is 7.91. The Morgan fingerprint density at radius 1 is 0.662 bits per heavy atom. The number of fused-ring (bicyclic) bond motifs is 1. The Bertz CT molecular complexity index is 3220. The van der Waals surface area contributed by atoms with Crippen LogP contribution in [0.2, 0.25) is 0 Å². The molecule has 0 spiro atoms. The summed E-state index contributed by atoms with van der Waals surface area (Å²) >= 11 is 0. The third-order valence-electron chi connectivity index (χ3n) is 13.1. The molecule has 0 amide bonds. The van der Waals surface area contributed by atoms with Crippen molar-refractivity contribution in [2.75, 3.05) is 31.9 Å². The second kappa shape index (κ2) is 21.9. The number of rotatable bonds is 21. The number of ether oxygens (including phenoxy) is 3. The largest absolute Gasteiger partial charge is 0.497 e. The summed E-state index contributed by atoms with van der Waals surface area (Å²) in [6.07, 6.45) is 2.40. The van der Waals surface area contributed by atoms with Crippen LogP contribution in [-0.2, 0) is 33.0 Å². The fourth-order valence-corrected chi connectivity index (χ4v) is 11.1. The van der Waals surface area contributed by atoms with Gasteiger partial charge in [-0.25, -0.2) is 13.4 Å². The number of anilines is 1. The van der Waals surface area contributed by atoms with Gasteiger partial charge in [0.05, 0.1) is 49.4 Å². The minimum atomic E-state index is -3.78. The van der Waals surface area contributed by atoms with Gasteiger partial charge in [0.15, 0.2) is 21.0 Å². The molecule has 2 N–H and O–H groups in total. The fraction of sp³-hybridized carbons (Fsp3) is 0.203. The van der Waals surface area contributed by atoms with Crippen LogP contribution in [0.15, 0.2) is 210 Å². The van der Waals surface area contributed by atoms with Crippen molar-refractivity contribution in [1.82, 2.24) is 19.5 Å². The summed E-state index contributed by atoms with van der Waals surface area (Å²) < 4.78 is 48.8. The summed E-state index contributed by atoms with van der Waals surface area (Å²) in [6, 6.07) is 62.4. The minimum absolute atomic E-state index is 0.121. The lowest BCUT2D eigenvalue weighted by atomic mass is 9.78. The van der Waals surface area contributed by atoms with Crippen molar-refractivity contribution < 1.29 is 22.6 Å².